The molecule has 0 aliphatic heterocycles. The van der Waals surface area contributed by atoms with Crippen LogP contribution in [0.25, 0.3) is 0 Å². The maximum atomic E-state index is 12.3. The summed E-state index contributed by atoms with van der Waals surface area (Å²) in [7, 11) is -0.979. The minimum atomic E-state index is -0.979. The van der Waals surface area contributed by atoms with Crippen molar-refractivity contribution in [3.8, 4) is 0 Å². The summed E-state index contributed by atoms with van der Waals surface area (Å²) in [5.74, 6) is 0. The van der Waals surface area contributed by atoms with Gasteiger partial charge in [-0.1, -0.05) is 48.5 Å². The largest absolute Gasteiger partial charge is 0.254 e. The predicted octanol–water partition coefficient (Wildman–Crippen LogP) is 3.56. The Balaban J connectivity index is 2.24. The zero-order chi connectivity index (χ0) is 11.4. The topological polar surface area (TPSA) is 17.1 Å². The van der Waals surface area contributed by atoms with E-state index in [1.54, 1.807) is 0 Å². The van der Waals surface area contributed by atoms with E-state index in [9.17, 15) is 4.21 Å². The van der Waals surface area contributed by atoms with E-state index in [4.69, 9.17) is 0 Å². The highest BCUT2D eigenvalue weighted by atomic mass is 32.2. The Kier molecular flexibility index (Phi) is 3.52. The quantitative estimate of drug-likeness (QED) is 0.788. The van der Waals surface area contributed by atoms with Gasteiger partial charge in [-0.05, 0) is 24.6 Å². The molecule has 2 heteroatoms. The molecule has 0 spiro atoms. The van der Waals surface area contributed by atoms with Gasteiger partial charge in [0.15, 0.2) is 0 Å². The normalized spacial score (nSPS) is 14.3. The van der Waals surface area contributed by atoms with Gasteiger partial charge in [0.1, 0.15) is 0 Å². The smallest absolute Gasteiger partial charge is 0.0615 e. The van der Waals surface area contributed by atoms with E-state index in [-0.39, 0.29) is 5.25 Å². The zero-order valence-electron chi connectivity index (χ0n) is 9.17. The molecule has 1 nitrogen and oxygen atoms in total. The molecule has 0 aromatic heterocycles. The molecule has 0 bridgehead atoms. The first-order valence-corrected chi connectivity index (χ1v) is 6.51. The van der Waals surface area contributed by atoms with Gasteiger partial charge in [-0.25, -0.2) is 0 Å². The van der Waals surface area contributed by atoms with Crippen molar-refractivity contribution in [2.24, 2.45) is 0 Å². The molecule has 16 heavy (non-hydrogen) atoms. The lowest BCUT2D eigenvalue weighted by Gasteiger charge is -2.11. The van der Waals surface area contributed by atoms with Crippen molar-refractivity contribution in [3.05, 3.63) is 66.2 Å². The molecule has 2 rings (SSSR count). The third-order valence-corrected chi connectivity index (χ3v) is 4.22. The molecule has 0 saturated carbocycles. The lowest BCUT2D eigenvalue weighted by molar-refractivity contribution is 0.676. The standard InChI is InChI=1S/C14H14OS/c1-12(13-8-4-2-5-9-13)16(15)14-10-6-3-7-11-14/h2-12H,1H3/t12-,16-/m1/s1. The van der Waals surface area contributed by atoms with Crippen molar-refractivity contribution in [2.75, 3.05) is 0 Å². The van der Waals surface area contributed by atoms with E-state index in [1.807, 2.05) is 67.6 Å². The van der Waals surface area contributed by atoms with Crippen molar-refractivity contribution < 1.29 is 4.21 Å². The van der Waals surface area contributed by atoms with Gasteiger partial charge in [0.05, 0.1) is 16.0 Å². The highest BCUT2D eigenvalue weighted by Gasteiger charge is 2.14. The number of hydrogen-bond acceptors (Lipinski definition) is 1. The minimum Gasteiger partial charge on any atom is -0.254 e. The van der Waals surface area contributed by atoms with Crippen molar-refractivity contribution >= 4 is 10.8 Å². The second kappa shape index (κ2) is 5.08. The average molecular weight is 230 g/mol. The summed E-state index contributed by atoms with van der Waals surface area (Å²) in [5.41, 5.74) is 1.12. The SMILES string of the molecule is C[C@H](c1ccccc1)[S@@](=O)c1ccccc1. The summed E-state index contributed by atoms with van der Waals surface area (Å²) in [4.78, 5) is 0.888. The Morgan fingerprint density at radius 3 is 1.94 bits per heavy atom. The third-order valence-electron chi connectivity index (χ3n) is 2.57. The first-order valence-electron chi connectivity index (χ1n) is 5.29. The number of benzene rings is 2. The van der Waals surface area contributed by atoms with E-state index < -0.39 is 10.8 Å². The first kappa shape index (κ1) is 11.1. The van der Waals surface area contributed by atoms with Crippen LogP contribution >= 0.6 is 0 Å². The molecule has 0 saturated heterocycles. The fourth-order valence-corrected chi connectivity index (χ4v) is 2.84. The second-order valence-electron chi connectivity index (χ2n) is 3.66. The van der Waals surface area contributed by atoms with E-state index in [0.29, 0.717) is 0 Å². The van der Waals surface area contributed by atoms with E-state index in [0.717, 1.165) is 10.5 Å². The van der Waals surface area contributed by atoms with Crippen LogP contribution < -0.4 is 0 Å². The molecule has 0 aliphatic carbocycles. The maximum Gasteiger partial charge on any atom is 0.0615 e. The van der Waals surface area contributed by atoms with Gasteiger partial charge in [-0.2, -0.15) is 0 Å². The van der Waals surface area contributed by atoms with Crippen molar-refractivity contribution in [1.29, 1.82) is 0 Å². The fourth-order valence-electron chi connectivity index (χ4n) is 1.61. The highest BCUT2D eigenvalue weighted by Crippen LogP contribution is 2.23. The van der Waals surface area contributed by atoms with Crippen LogP contribution in [0.5, 0.6) is 0 Å². The Hall–Kier alpha value is -1.41. The summed E-state index contributed by atoms with van der Waals surface area (Å²) >= 11 is 0. The summed E-state index contributed by atoms with van der Waals surface area (Å²) < 4.78 is 12.3. The summed E-state index contributed by atoms with van der Waals surface area (Å²) in [5, 5.41) is 0.0311. The summed E-state index contributed by atoms with van der Waals surface area (Å²) in [6, 6.07) is 19.6. The van der Waals surface area contributed by atoms with Crippen LogP contribution in [-0.2, 0) is 10.8 Å². The lowest BCUT2D eigenvalue weighted by Crippen LogP contribution is -2.02. The van der Waals surface area contributed by atoms with E-state index >= 15 is 0 Å². The summed E-state index contributed by atoms with van der Waals surface area (Å²) in [6.07, 6.45) is 0. The molecular weight excluding hydrogens is 216 g/mol. The van der Waals surface area contributed by atoms with Gasteiger partial charge in [0.2, 0.25) is 0 Å². The Labute approximate surface area is 98.6 Å². The van der Waals surface area contributed by atoms with Crippen LogP contribution in [0.15, 0.2) is 65.6 Å². The van der Waals surface area contributed by atoms with Crippen molar-refractivity contribution in [1.82, 2.24) is 0 Å². The molecule has 0 unspecified atom stereocenters. The van der Waals surface area contributed by atoms with Crippen molar-refractivity contribution in [2.45, 2.75) is 17.1 Å². The van der Waals surface area contributed by atoms with Gasteiger partial charge < -0.3 is 0 Å². The third kappa shape index (κ3) is 2.39. The van der Waals surface area contributed by atoms with Crippen LogP contribution in [0, 0.1) is 0 Å². The number of hydrogen-bond donors (Lipinski definition) is 0. The Morgan fingerprint density at radius 1 is 0.875 bits per heavy atom. The van der Waals surface area contributed by atoms with Crippen LogP contribution in [0.1, 0.15) is 17.7 Å². The molecule has 0 aliphatic rings. The van der Waals surface area contributed by atoms with Gasteiger partial charge in [-0.3, -0.25) is 4.21 Å². The van der Waals surface area contributed by atoms with Gasteiger partial charge >= 0.3 is 0 Å². The van der Waals surface area contributed by atoms with E-state index in [2.05, 4.69) is 0 Å². The monoisotopic (exact) mass is 230 g/mol. The molecule has 2 atom stereocenters. The fraction of sp³-hybridized carbons (Fsp3) is 0.143. The molecule has 0 radical (unpaired) electrons. The molecule has 0 N–H and O–H groups in total. The molecule has 0 heterocycles. The van der Waals surface area contributed by atoms with Crippen LogP contribution in [0.4, 0.5) is 0 Å². The molecule has 82 valence electrons. The minimum absolute atomic E-state index is 0.0311. The highest BCUT2D eigenvalue weighted by molar-refractivity contribution is 7.85. The second-order valence-corrected chi connectivity index (χ2v) is 5.44. The molecule has 2 aromatic rings. The van der Waals surface area contributed by atoms with Gasteiger partial charge in [0.25, 0.3) is 0 Å². The molecule has 0 amide bonds. The van der Waals surface area contributed by atoms with Crippen LogP contribution in [0.2, 0.25) is 0 Å². The Bertz CT molecular complexity index is 465. The average Bonchev–Trinajstić information content (AvgIpc) is 2.39. The molecule has 0 fully saturated rings. The summed E-state index contributed by atoms with van der Waals surface area (Å²) in [6.45, 7) is 2.00. The van der Waals surface area contributed by atoms with Crippen LogP contribution in [0.3, 0.4) is 0 Å². The van der Waals surface area contributed by atoms with Crippen molar-refractivity contribution in [3.63, 3.8) is 0 Å². The van der Waals surface area contributed by atoms with Gasteiger partial charge in [-0.15, -0.1) is 0 Å². The molecule has 2 aromatic carbocycles. The van der Waals surface area contributed by atoms with Gasteiger partial charge in [0, 0.05) is 4.90 Å². The van der Waals surface area contributed by atoms with Crippen LogP contribution in [-0.4, -0.2) is 4.21 Å². The Morgan fingerprint density at radius 2 is 1.38 bits per heavy atom. The van der Waals surface area contributed by atoms with E-state index in [1.165, 1.54) is 0 Å². The number of rotatable bonds is 3. The first-order chi connectivity index (χ1) is 7.79. The maximum absolute atomic E-state index is 12.3. The lowest BCUT2D eigenvalue weighted by atomic mass is 10.2. The predicted molar refractivity (Wildman–Crippen MR) is 67.7 cm³/mol. The zero-order valence-corrected chi connectivity index (χ0v) is 9.98. The molecular formula is C14H14OS.